The van der Waals surface area contributed by atoms with Gasteiger partial charge < -0.3 is 15.4 Å². The van der Waals surface area contributed by atoms with E-state index in [-0.39, 0.29) is 36.2 Å². The van der Waals surface area contributed by atoms with Gasteiger partial charge >= 0.3 is 5.97 Å². The van der Waals surface area contributed by atoms with E-state index in [0.29, 0.717) is 18.5 Å². The molecule has 2 heterocycles. The number of carbonyl (C=O) groups excluding carboxylic acids is 3. The minimum atomic E-state index is -1.44. The highest BCUT2D eigenvalue weighted by Gasteiger charge is 2.45. The molecule has 0 radical (unpaired) electrons. The number of amides is 2. The summed E-state index contributed by atoms with van der Waals surface area (Å²) >= 11 is 0. The van der Waals surface area contributed by atoms with Crippen LogP contribution in [0.4, 0.5) is 4.39 Å². The first-order chi connectivity index (χ1) is 17.8. The number of nitrogens with two attached hydrogens (primary N) is 1. The Hall–Kier alpha value is -4.08. The van der Waals surface area contributed by atoms with Crippen LogP contribution in [0.15, 0.2) is 54.7 Å². The lowest BCUT2D eigenvalue weighted by Crippen LogP contribution is -2.50. The van der Waals surface area contributed by atoms with Gasteiger partial charge in [-0.1, -0.05) is 29.5 Å². The summed E-state index contributed by atoms with van der Waals surface area (Å²) in [7, 11) is 0. The number of nitrogens with zero attached hydrogens (tertiary/aromatic N) is 4. The van der Waals surface area contributed by atoms with Crippen molar-refractivity contribution in [1.29, 1.82) is 0 Å². The first-order valence-corrected chi connectivity index (χ1v) is 12.4. The molecule has 0 bridgehead atoms. The van der Waals surface area contributed by atoms with Crippen LogP contribution >= 0.6 is 0 Å². The number of benzene rings is 2. The maximum absolute atomic E-state index is 13.3. The summed E-state index contributed by atoms with van der Waals surface area (Å²) in [6.45, 7) is 1.46. The summed E-state index contributed by atoms with van der Waals surface area (Å²) in [5.41, 5.74) is 6.33. The van der Waals surface area contributed by atoms with Gasteiger partial charge in [0.15, 0.2) is 11.3 Å². The normalized spacial score (nSPS) is 21.5. The molecule has 2 aliphatic rings. The second-order valence-corrected chi connectivity index (χ2v) is 9.65. The first-order valence-electron chi connectivity index (χ1n) is 12.4. The molecule has 1 saturated carbocycles. The molecule has 2 fully saturated rings. The lowest BCUT2D eigenvalue weighted by Gasteiger charge is -2.36. The third-order valence-corrected chi connectivity index (χ3v) is 7.27. The Labute approximate surface area is 213 Å². The predicted molar refractivity (Wildman–Crippen MR) is 132 cm³/mol. The third-order valence-electron chi connectivity index (χ3n) is 7.27. The molecule has 2 amide bonds. The van der Waals surface area contributed by atoms with Crippen molar-refractivity contribution < 1.29 is 23.5 Å². The molecule has 0 unspecified atom stereocenters. The number of primary amides is 1. The Bertz CT molecular complexity index is 1310. The van der Waals surface area contributed by atoms with Gasteiger partial charge in [-0.25, -0.2) is 13.9 Å². The number of esters is 1. The fourth-order valence-electron chi connectivity index (χ4n) is 5.07. The molecule has 3 aromatic rings. The monoisotopic (exact) mass is 505 g/mol. The molecule has 1 saturated heterocycles. The lowest BCUT2D eigenvalue weighted by molar-refractivity contribution is -0.141. The Morgan fingerprint density at radius 3 is 2.38 bits per heavy atom. The third kappa shape index (κ3) is 5.09. The molecular formula is C27H28FN5O4. The van der Waals surface area contributed by atoms with Crippen molar-refractivity contribution in [2.24, 2.45) is 5.73 Å². The number of hydrogen-bond acceptors (Lipinski definition) is 6. The minimum Gasteiger partial charge on any atom is -0.445 e. The zero-order valence-electron chi connectivity index (χ0n) is 20.3. The van der Waals surface area contributed by atoms with E-state index >= 15 is 0 Å². The van der Waals surface area contributed by atoms with Gasteiger partial charge in [0.1, 0.15) is 5.82 Å². The highest BCUT2D eigenvalue weighted by atomic mass is 19.1. The van der Waals surface area contributed by atoms with Gasteiger partial charge in [-0.2, -0.15) is 0 Å². The lowest BCUT2D eigenvalue weighted by atomic mass is 9.81. The second-order valence-electron chi connectivity index (χ2n) is 9.65. The zero-order valence-corrected chi connectivity index (χ0v) is 20.3. The van der Waals surface area contributed by atoms with Gasteiger partial charge in [0.2, 0.25) is 0 Å². The number of aromatic nitrogens is 3. The number of ether oxygens (including phenoxy) is 1. The van der Waals surface area contributed by atoms with Crippen LogP contribution in [0.5, 0.6) is 0 Å². The van der Waals surface area contributed by atoms with Crippen LogP contribution in [0.2, 0.25) is 0 Å². The van der Waals surface area contributed by atoms with Crippen LogP contribution in [0.3, 0.4) is 0 Å². The molecule has 2 N–H and O–H groups in total. The summed E-state index contributed by atoms with van der Waals surface area (Å²) in [4.78, 5) is 39.9. The van der Waals surface area contributed by atoms with Crippen LogP contribution in [-0.4, -0.2) is 56.4 Å². The summed E-state index contributed by atoms with van der Waals surface area (Å²) in [5.74, 6) is -1.82. The van der Waals surface area contributed by atoms with Crippen molar-refractivity contribution in [3.05, 3.63) is 71.8 Å². The van der Waals surface area contributed by atoms with Crippen molar-refractivity contribution in [1.82, 2.24) is 19.9 Å². The fraction of sp³-hybridized carbons (Fsp3) is 0.370. The Balaban J connectivity index is 1.26. The van der Waals surface area contributed by atoms with Crippen molar-refractivity contribution in [2.75, 3.05) is 13.1 Å². The van der Waals surface area contributed by atoms with E-state index < -0.39 is 17.5 Å². The molecule has 192 valence electrons. The van der Waals surface area contributed by atoms with Crippen molar-refractivity contribution in [2.45, 2.75) is 50.2 Å². The van der Waals surface area contributed by atoms with Crippen molar-refractivity contribution >= 4 is 17.8 Å². The van der Waals surface area contributed by atoms with Gasteiger partial charge in [-0.15, -0.1) is 5.10 Å². The van der Waals surface area contributed by atoms with Crippen LogP contribution in [0, 0.1) is 5.82 Å². The van der Waals surface area contributed by atoms with E-state index in [1.165, 1.54) is 12.1 Å². The summed E-state index contributed by atoms with van der Waals surface area (Å²) in [6.07, 6.45) is 5.05. The van der Waals surface area contributed by atoms with E-state index in [1.54, 1.807) is 52.2 Å². The van der Waals surface area contributed by atoms with Crippen molar-refractivity contribution in [3.63, 3.8) is 0 Å². The molecule has 2 aromatic carbocycles. The SMILES string of the molecule is NC(=O)C1(OC(=O)c2cccc(-c3ccc(F)cc3)c2)CCC(n2cc(C(=O)N3CCCC3)nn2)CC1. The molecular weight excluding hydrogens is 477 g/mol. The summed E-state index contributed by atoms with van der Waals surface area (Å²) < 4.78 is 20.7. The number of carbonyl (C=O) groups is 3. The van der Waals surface area contributed by atoms with E-state index in [0.717, 1.165) is 37.1 Å². The average Bonchev–Trinajstić information content (AvgIpc) is 3.62. The summed E-state index contributed by atoms with van der Waals surface area (Å²) in [6, 6.07) is 12.6. The van der Waals surface area contributed by atoms with Gasteiger partial charge in [-0.05, 0) is 73.9 Å². The largest absolute Gasteiger partial charge is 0.445 e. The average molecular weight is 506 g/mol. The maximum Gasteiger partial charge on any atom is 0.339 e. The number of likely N-dealkylation sites (tertiary alicyclic amines) is 1. The Morgan fingerprint density at radius 2 is 1.70 bits per heavy atom. The van der Waals surface area contributed by atoms with E-state index in [9.17, 15) is 18.8 Å². The van der Waals surface area contributed by atoms with Crippen LogP contribution in [0.25, 0.3) is 11.1 Å². The van der Waals surface area contributed by atoms with Gasteiger partial charge in [0.25, 0.3) is 11.8 Å². The topological polar surface area (TPSA) is 120 Å². The molecule has 37 heavy (non-hydrogen) atoms. The van der Waals surface area contributed by atoms with Crippen molar-refractivity contribution in [3.8, 4) is 11.1 Å². The quantitative estimate of drug-likeness (QED) is 0.512. The molecule has 9 nitrogen and oxygen atoms in total. The molecule has 0 atom stereocenters. The summed E-state index contributed by atoms with van der Waals surface area (Å²) in [5, 5.41) is 8.21. The smallest absolute Gasteiger partial charge is 0.339 e. The van der Waals surface area contributed by atoms with Gasteiger partial charge in [0, 0.05) is 13.1 Å². The van der Waals surface area contributed by atoms with E-state index in [4.69, 9.17) is 10.5 Å². The fourth-order valence-corrected chi connectivity index (χ4v) is 5.07. The molecule has 1 aromatic heterocycles. The molecule has 1 aliphatic heterocycles. The number of halogens is 1. The Kier molecular flexibility index (Phi) is 6.73. The van der Waals surface area contributed by atoms with Gasteiger partial charge in [-0.3, -0.25) is 9.59 Å². The van der Waals surface area contributed by atoms with Crippen LogP contribution < -0.4 is 5.73 Å². The molecule has 10 heteroatoms. The standard InChI is InChI=1S/C27H28FN5O4/c28-21-8-6-18(7-9-21)19-4-3-5-20(16-19)25(35)37-27(26(29)36)12-10-22(11-13-27)33-17-23(30-31-33)24(34)32-14-1-2-15-32/h3-9,16-17,22H,1-2,10-15H2,(H2,29,36). The van der Waals surface area contributed by atoms with Crippen LogP contribution in [0.1, 0.15) is 65.4 Å². The van der Waals surface area contributed by atoms with E-state index in [1.807, 2.05) is 0 Å². The van der Waals surface area contributed by atoms with Gasteiger partial charge in [0.05, 0.1) is 17.8 Å². The molecule has 0 spiro atoms. The number of hydrogen-bond donors (Lipinski definition) is 1. The maximum atomic E-state index is 13.3. The molecule has 1 aliphatic carbocycles. The Morgan fingerprint density at radius 1 is 1.00 bits per heavy atom. The predicted octanol–water partition coefficient (Wildman–Crippen LogP) is 3.52. The molecule has 5 rings (SSSR count). The highest BCUT2D eigenvalue weighted by molar-refractivity contribution is 5.95. The first kappa shape index (κ1) is 24.6. The van der Waals surface area contributed by atoms with E-state index in [2.05, 4.69) is 10.3 Å². The van der Waals surface area contributed by atoms with Crippen LogP contribution in [-0.2, 0) is 9.53 Å². The number of rotatable bonds is 6. The zero-order chi connectivity index (χ0) is 26.0. The second kappa shape index (κ2) is 10.1. The minimum absolute atomic E-state index is 0.0967. The highest BCUT2D eigenvalue weighted by Crippen LogP contribution is 2.38.